The molecule has 1 fully saturated rings. The van der Waals surface area contributed by atoms with Crippen molar-refractivity contribution in [3.8, 4) is 0 Å². The van der Waals surface area contributed by atoms with Crippen LogP contribution in [0.2, 0.25) is 0 Å². The number of nitrogens with zero attached hydrogens (tertiary/aromatic N) is 1. The summed E-state index contributed by atoms with van der Waals surface area (Å²) in [5.41, 5.74) is 0.721. The molecule has 1 aromatic rings. The monoisotopic (exact) mass is 347 g/mol. The van der Waals surface area contributed by atoms with Crippen LogP contribution in [0, 0.1) is 0 Å². The smallest absolute Gasteiger partial charge is 0.319 e. The maximum Gasteiger partial charge on any atom is 0.319 e. The van der Waals surface area contributed by atoms with Crippen LogP contribution in [0.1, 0.15) is 46.0 Å². The van der Waals surface area contributed by atoms with E-state index in [1.807, 2.05) is 6.07 Å². The van der Waals surface area contributed by atoms with Crippen molar-refractivity contribution >= 4 is 29.3 Å². The van der Waals surface area contributed by atoms with Gasteiger partial charge >= 0.3 is 12.0 Å². The van der Waals surface area contributed by atoms with Crippen LogP contribution in [0.25, 0.3) is 0 Å². The Morgan fingerprint density at radius 2 is 2.04 bits per heavy atom. The summed E-state index contributed by atoms with van der Waals surface area (Å²) < 4.78 is 0. The number of hydrogen-bond donors (Lipinski definition) is 3. The minimum absolute atomic E-state index is 0.0141. The van der Waals surface area contributed by atoms with E-state index in [0.717, 1.165) is 18.5 Å². The Balaban J connectivity index is 1.98. The molecular formula is C18H25N3O4. The van der Waals surface area contributed by atoms with Gasteiger partial charge < -0.3 is 20.6 Å². The number of urea groups is 1. The van der Waals surface area contributed by atoms with Gasteiger partial charge in [0.05, 0.1) is 0 Å². The lowest BCUT2D eigenvalue weighted by atomic mass is 9.99. The lowest BCUT2D eigenvalue weighted by Crippen LogP contribution is -2.45. The standard InChI is InChI=1S/C18H25N3O4/c1-18(2,10-9-16(23)24)20-17(25)19-13-6-5-7-14(12-13)21-11-4-3-8-15(21)22/h5-7,12H,3-4,8-11H2,1-2H3,(H,23,24)(H2,19,20,25). The first kappa shape index (κ1) is 18.8. The van der Waals surface area contributed by atoms with Gasteiger partial charge in [0.15, 0.2) is 0 Å². The molecule has 3 N–H and O–H groups in total. The molecule has 3 amide bonds. The van der Waals surface area contributed by atoms with Crippen LogP contribution in [-0.4, -0.2) is 35.1 Å². The number of carboxylic acid groups (broad SMARTS) is 1. The van der Waals surface area contributed by atoms with E-state index in [0.29, 0.717) is 25.1 Å². The van der Waals surface area contributed by atoms with Crippen molar-refractivity contribution in [2.45, 2.75) is 51.5 Å². The molecule has 0 unspecified atom stereocenters. The summed E-state index contributed by atoms with van der Waals surface area (Å²) in [4.78, 5) is 36.6. The Morgan fingerprint density at radius 1 is 1.28 bits per heavy atom. The van der Waals surface area contributed by atoms with Gasteiger partial charge in [0.1, 0.15) is 0 Å². The van der Waals surface area contributed by atoms with E-state index in [-0.39, 0.29) is 12.3 Å². The maximum atomic E-state index is 12.2. The molecule has 1 aromatic carbocycles. The number of carbonyl (C=O) groups excluding carboxylic acids is 2. The van der Waals surface area contributed by atoms with Gasteiger partial charge in [-0.25, -0.2) is 4.79 Å². The summed E-state index contributed by atoms with van der Waals surface area (Å²) in [5.74, 6) is -0.795. The lowest BCUT2D eigenvalue weighted by molar-refractivity contribution is -0.137. The first-order valence-electron chi connectivity index (χ1n) is 8.48. The molecule has 0 bridgehead atoms. The first-order valence-corrected chi connectivity index (χ1v) is 8.48. The molecule has 0 aliphatic carbocycles. The summed E-state index contributed by atoms with van der Waals surface area (Å²) in [7, 11) is 0. The van der Waals surface area contributed by atoms with E-state index in [2.05, 4.69) is 10.6 Å². The molecule has 0 aromatic heterocycles. The fourth-order valence-corrected chi connectivity index (χ4v) is 2.78. The molecule has 136 valence electrons. The molecule has 2 rings (SSSR count). The molecule has 1 saturated heterocycles. The average Bonchev–Trinajstić information content (AvgIpc) is 2.53. The fourth-order valence-electron chi connectivity index (χ4n) is 2.78. The largest absolute Gasteiger partial charge is 0.481 e. The quantitative estimate of drug-likeness (QED) is 0.737. The normalized spacial score (nSPS) is 15.0. The van der Waals surface area contributed by atoms with Gasteiger partial charge in [-0.1, -0.05) is 6.07 Å². The van der Waals surface area contributed by atoms with Crippen molar-refractivity contribution in [1.29, 1.82) is 0 Å². The number of amides is 3. The number of piperidine rings is 1. The van der Waals surface area contributed by atoms with E-state index in [9.17, 15) is 14.4 Å². The molecule has 7 nitrogen and oxygen atoms in total. The van der Waals surface area contributed by atoms with Gasteiger partial charge in [-0.3, -0.25) is 9.59 Å². The van der Waals surface area contributed by atoms with Crippen molar-refractivity contribution in [2.75, 3.05) is 16.8 Å². The Kier molecular flexibility index (Phi) is 6.01. The molecular weight excluding hydrogens is 322 g/mol. The topological polar surface area (TPSA) is 98.7 Å². The Morgan fingerprint density at radius 3 is 2.72 bits per heavy atom. The van der Waals surface area contributed by atoms with Gasteiger partial charge in [-0.05, 0) is 51.3 Å². The molecule has 1 aliphatic heterocycles. The predicted octanol–water partition coefficient (Wildman–Crippen LogP) is 2.97. The molecule has 7 heteroatoms. The van der Waals surface area contributed by atoms with Crippen LogP contribution in [-0.2, 0) is 9.59 Å². The summed E-state index contributed by atoms with van der Waals surface area (Å²) in [5, 5.41) is 14.3. The highest BCUT2D eigenvalue weighted by Crippen LogP contribution is 2.24. The number of rotatable bonds is 6. The van der Waals surface area contributed by atoms with Gasteiger partial charge in [0.2, 0.25) is 5.91 Å². The maximum absolute atomic E-state index is 12.2. The van der Waals surface area contributed by atoms with Crippen molar-refractivity contribution < 1.29 is 19.5 Å². The Hall–Kier alpha value is -2.57. The third-order valence-corrected chi connectivity index (χ3v) is 4.15. The highest BCUT2D eigenvalue weighted by atomic mass is 16.4. The third-order valence-electron chi connectivity index (χ3n) is 4.15. The van der Waals surface area contributed by atoms with Crippen LogP contribution < -0.4 is 15.5 Å². The zero-order valence-corrected chi connectivity index (χ0v) is 14.7. The minimum Gasteiger partial charge on any atom is -0.481 e. The van der Waals surface area contributed by atoms with E-state index < -0.39 is 17.5 Å². The van der Waals surface area contributed by atoms with Gasteiger partial charge in [0, 0.05) is 36.3 Å². The second-order valence-corrected chi connectivity index (χ2v) is 6.91. The number of benzene rings is 1. The number of carboxylic acids is 1. The number of carbonyl (C=O) groups is 3. The highest BCUT2D eigenvalue weighted by molar-refractivity contribution is 5.95. The molecule has 25 heavy (non-hydrogen) atoms. The van der Waals surface area contributed by atoms with E-state index in [1.54, 1.807) is 36.9 Å². The number of hydrogen-bond acceptors (Lipinski definition) is 3. The Bertz CT molecular complexity index is 657. The summed E-state index contributed by atoms with van der Waals surface area (Å²) in [6.07, 6.45) is 2.76. The van der Waals surface area contributed by atoms with E-state index in [1.165, 1.54) is 0 Å². The predicted molar refractivity (Wildman–Crippen MR) is 95.7 cm³/mol. The number of nitrogens with one attached hydrogen (secondary N) is 2. The zero-order chi connectivity index (χ0) is 18.4. The lowest BCUT2D eigenvalue weighted by Gasteiger charge is -2.28. The molecule has 0 spiro atoms. The second-order valence-electron chi connectivity index (χ2n) is 6.91. The minimum atomic E-state index is -0.894. The van der Waals surface area contributed by atoms with Crippen LogP contribution in [0.3, 0.4) is 0 Å². The van der Waals surface area contributed by atoms with E-state index >= 15 is 0 Å². The molecule has 0 saturated carbocycles. The van der Waals surface area contributed by atoms with Gasteiger partial charge in [-0.2, -0.15) is 0 Å². The van der Waals surface area contributed by atoms with Crippen molar-refractivity contribution in [1.82, 2.24) is 5.32 Å². The van der Waals surface area contributed by atoms with Crippen LogP contribution in [0.5, 0.6) is 0 Å². The average molecular weight is 347 g/mol. The molecule has 1 aliphatic rings. The molecule has 0 radical (unpaired) electrons. The summed E-state index contributed by atoms with van der Waals surface area (Å²) in [6.45, 7) is 4.24. The van der Waals surface area contributed by atoms with Crippen molar-refractivity contribution in [2.24, 2.45) is 0 Å². The SMILES string of the molecule is CC(C)(CCC(=O)O)NC(=O)Nc1cccc(N2CCCCC2=O)c1. The number of aliphatic carboxylic acids is 1. The molecule has 0 atom stereocenters. The van der Waals surface area contributed by atoms with Crippen molar-refractivity contribution in [3.63, 3.8) is 0 Å². The fraction of sp³-hybridized carbons (Fsp3) is 0.500. The van der Waals surface area contributed by atoms with Crippen LogP contribution in [0.15, 0.2) is 24.3 Å². The third kappa shape index (κ3) is 5.77. The highest BCUT2D eigenvalue weighted by Gasteiger charge is 2.22. The second kappa shape index (κ2) is 8.00. The zero-order valence-electron chi connectivity index (χ0n) is 14.7. The number of anilines is 2. The van der Waals surface area contributed by atoms with Crippen LogP contribution in [0.4, 0.5) is 16.2 Å². The molecule has 1 heterocycles. The summed E-state index contributed by atoms with van der Waals surface area (Å²) >= 11 is 0. The van der Waals surface area contributed by atoms with Crippen molar-refractivity contribution in [3.05, 3.63) is 24.3 Å². The van der Waals surface area contributed by atoms with Gasteiger partial charge in [-0.15, -0.1) is 0 Å². The van der Waals surface area contributed by atoms with Crippen LogP contribution >= 0.6 is 0 Å². The Labute approximate surface area is 147 Å². The first-order chi connectivity index (χ1) is 11.8. The van der Waals surface area contributed by atoms with Gasteiger partial charge in [0.25, 0.3) is 0 Å². The van der Waals surface area contributed by atoms with E-state index in [4.69, 9.17) is 5.11 Å². The summed E-state index contributed by atoms with van der Waals surface area (Å²) in [6, 6.07) is 6.76.